The quantitative estimate of drug-likeness (QED) is 0.683. The van der Waals surface area contributed by atoms with E-state index >= 15 is 0 Å². The molecule has 104 valence electrons. The number of hydrogen-bond acceptors (Lipinski definition) is 4. The summed E-state index contributed by atoms with van der Waals surface area (Å²) in [6, 6.07) is 3.77. The first-order valence-electron chi connectivity index (χ1n) is 5.83. The number of carboxylic acid groups (broad SMARTS) is 1. The van der Waals surface area contributed by atoms with Crippen molar-refractivity contribution in [2.24, 2.45) is 0 Å². The van der Waals surface area contributed by atoms with Crippen molar-refractivity contribution in [3.05, 3.63) is 23.8 Å². The maximum Gasteiger partial charge on any atom is 0.337 e. The number of benzene rings is 1. The molecule has 1 aromatic rings. The monoisotopic (exact) mass is 267 g/mol. The van der Waals surface area contributed by atoms with Crippen molar-refractivity contribution >= 4 is 17.6 Å². The van der Waals surface area contributed by atoms with Gasteiger partial charge in [-0.3, -0.25) is 4.79 Å². The van der Waals surface area contributed by atoms with Crippen LogP contribution in [0.5, 0.6) is 5.75 Å². The molecule has 0 fully saturated rings. The van der Waals surface area contributed by atoms with Gasteiger partial charge >= 0.3 is 5.97 Å². The van der Waals surface area contributed by atoms with Crippen LogP contribution in [0, 0.1) is 0 Å². The van der Waals surface area contributed by atoms with E-state index in [2.05, 4.69) is 5.32 Å². The highest BCUT2D eigenvalue weighted by Gasteiger charge is 2.14. The van der Waals surface area contributed by atoms with Gasteiger partial charge < -0.3 is 20.3 Å². The van der Waals surface area contributed by atoms with Crippen LogP contribution >= 0.6 is 0 Å². The number of phenols is 1. The molecular formula is C13H17NO5. The number of amides is 1. The summed E-state index contributed by atoms with van der Waals surface area (Å²) in [6.45, 7) is 1.84. The Morgan fingerprint density at radius 1 is 1.42 bits per heavy atom. The van der Waals surface area contributed by atoms with Gasteiger partial charge in [-0.2, -0.15) is 0 Å². The van der Waals surface area contributed by atoms with Crippen LogP contribution in [0.2, 0.25) is 0 Å². The Morgan fingerprint density at radius 3 is 2.68 bits per heavy atom. The van der Waals surface area contributed by atoms with E-state index in [1.54, 1.807) is 7.11 Å². The van der Waals surface area contributed by atoms with Gasteiger partial charge in [-0.05, 0) is 31.5 Å². The first kappa shape index (κ1) is 15.0. The summed E-state index contributed by atoms with van der Waals surface area (Å²) in [5.41, 5.74) is 0.0218. The lowest BCUT2D eigenvalue weighted by Gasteiger charge is -2.11. The summed E-state index contributed by atoms with van der Waals surface area (Å²) < 4.78 is 5.02. The van der Waals surface area contributed by atoms with Crippen molar-refractivity contribution in [1.82, 2.24) is 0 Å². The van der Waals surface area contributed by atoms with Crippen molar-refractivity contribution in [3.8, 4) is 5.75 Å². The molecule has 1 aromatic carbocycles. The Morgan fingerprint density at radius 2 is 2.11 bits per heavy atom. The van der Waals surface area contributed by atoms with E-state index in [0.717, 1.165) is 6.07 Å². The van der Waals surface area contributed by atoms with Crippen LogP contribution < -0.4 is 5.32 Å². The lowest BCUT2D eigenvalue weighted by atomic mass is 10.1. The number of hydrogen-bond donors (Lipinski definition) is 3. The third-order valence-electron chi connectivity index (χ3n) is 2.69. The Kier molecular flexibility index (Phi) is 5.32. The molecule has 0 aliphatic carbocycles. The predicted molar refractivity (Wildman–Crippen MR) is 69.4 cm³/mol. The number of rotatable bonds is 6. The van der Waals surface area contributed by atoms with Gasteiger partial charge in [0, 0.05) is 13.5 Å². The number of anilines is 1. The SMILES string of the molecule is COC(C)CCC(=O)Nc1ccc(O)cc1C(=O)O. The summed E-state index contributed by atoms with van der Waals surface area (Å²) in [5, 5.41) is 20.7. The summed E-state index contributed by atoms with van der Waals surface area (Å²) >= 11 is 0. The molecule has 1 rings (SSSR count). The summed E-state index contributed by atoms with van der Waals surface area (Å²) in [5.74, 6) is -1.67. The molecule has 0 aliphatic heterocycles. The van der Waals surface area contributed by atoms with Gasteiger partial charge in [-0.1, -0.05) is 0 Å². The number of carbonyl (C=O) groups is 2. The second-order valence-corrected chi connectivity index (χ2v) is 4.17. The summed E-state index contributed by atoms with van der Waals surface area (Å²) in [4.78, 5) is 22.7. The fraction of sp³-hybridized carbons (Fsp3) is 0.385. The summed E-state index contributed by atoms with van der Waals surface area (Å²) in [7, 11) is 1.56. The minimum absolute atomic E-state index is 0.0375. The maximum atomic E-state index is 11.7. The number of ether oxygens (including phenoxy) is 1. The molecule has 0 spiro atoms. The smallest absolute Gasteiger partial charge is 0.337 e. The van der Waals surface area contributed by atoms with Gasteiger partial charge in [-0.25, -0.2) is 4.79 Å². The predicted octanol–water partition coefficient (Wildman–Crippen LogP) is 1.84. The van der Waals surface area contributed by atoms with Crippen LogP contribution in [0.15, 0.2) is 18.2 Å². The number of aromatic hydroxyl groups is 1. The summed E-state index contributed by atoms with van der Waals surface area (Å²) in [6.07, 6.45) is 0.738. The molecule has 0 heterocycles. The van der Waals surface area contributed by atoms with E-state index in [1.807, 2.05) is 6.92 Å². The van der Waals surface area contributed by atoms with E-state index in [1.165, 1.54) is 12.1 Å². The molecule has 0 aliphatic rings. The number of aromatic carboxylic acids is 1. The molecule has 6 nitrogen and oxygen atoms in total. The molecule has 0 aromatic heterocycles. The van der Waals surface area contributed by atoms with Crippen LogP contribution in [0.4, 0.5) is 5.69 Å². The van der Waals surface area contributed by atoms with Crippen molar-refractivity contribution in [3.63, 3.8) is 0 Å². The Bertz CT molecular complexity index is 472. The van der Waals surface area contributed by atoms with E-state index in [4.69, 9.17) is 9.84 Å². The van der Waals surface area contributed by atoms with Gasteiger partial charge in [0.1, 0.15) is 5.75 Å². The van der Waals surface area contributed by atoms with Crippen molar-refractivity contribution < 1.29 is 24.5 Å². The van der Waals surface area contributed by atoms with Crippen molar-refractivity contribution in [2.45, 2.75) is 25.9 Å². The fourth-order valence-electron chi connectivity index (χ4n) is 1.48. The highest BCUT2D eigenvalue weighted by molar-refractivity contribution is 6.00. The molecule has 3 N–H and O–H groups in total. The lowest BCUT2D eigenvalue weighted by molar-refractivity contribution is -0.116. The first-order valence-corrected chi connectivity index (χ1v) is 5.83. The van der Waals surface area contributed by atoms with Crippen molar-refractivity contribution in [2.75, 3.05) is 12.4 Å². The van der Waals surface area contributed by atoms with E-state index in [9.17, 15) is 14.7 Å². The van der Waals surface area contributed by atoms with Crippen molar-refractivity contribution in [1.29, 1.82) is 0 Å². The average molecular weight is 267 g/mol. The number of phenolic OH excluding ortho intramolecular Hbond substituents is 1. The molecular weight excluding hydrogens is 250 g/mol. The topological polar surface area (TPSA) is 95.9 Å². The van der Waals surface area contributed by atoms with Gasteiger partial charge in [0.2, 0.25) is 5.91 Å². The van der Waals surface area contributed by atoms with E-state index in [0.29, 0.717) is 6.42 Å². The van der Waals surface area contributed by atoms with E-state index in [-0.39, 0.29) is 35.4 Å². The normalized spacial score (nSPS) is 11.9. The van der Waals surface area contributed by atoms with Gasteiger partial charge in [0.25, 0.3) is 0 Å². The number of carboxylic acids is 1. The zero-order chi connectivity index (χ0) is 14.4. The molecule has 1 atom stereocenters. The Labute approximate surface area is 111 Å². The van der Waals surface area contributed by atoms with Gasteiger partial charge in [0.15, 0.2) is 0 Å². The molecule has 19 heavy (non-hydrogen) atoms. The van der Waals surface area contributed by atoms with Crippen LogP contribution in [0.1, 0.15) is 30.1 Å². The molecule has 0 bridgehead atoms. The van der Waals surface area contributed by atoms with Crippen LogP contribution in [-0.4, -0.2) is 35.3 Å². The molecule has 6 heteroatoms. The Balaban J connectivity index is 2.71. The highest BCUT2D eigenvalue weighted by Crippen LogP contribution is 2.21. The fourth-order valence-corrected chi connectivity index (χ4v) is 1.48. The Hall–Kier alpha value is -2.08. The third-order valence-corrected chi connectivity index (χ3v) is 2.69. The second kappa shape index (κ2) is 6.75. The molecule has 0 radical (unpaired) electrons. The highest BCUT2D eigenvalue weighted by atomic mass is 16.5. The minimum Gasteiger partial charge on any atom is -0.508 e. The number of nitrogens with one attached hydrogen (secondary N) is 1. The van der Waals surface area contributed by atoms with Crippen LogP contribution in [0.25, 0.3) is 0 Å². The van der Waals surface area contributed by atoms with Gasteiger partial charge in [-0.15, -0.1) is 0 Å². The van der Waals surface area contributed by atoms with E-state index < -0.39 is 5.97 Å². The largest absolute Gasteiger partial charge is 0.508 e. The maximum absolute atomic E-state index is 11.7. The standard InChI is InChI=1S/C13H17NO5/c1-8(19-2)3-6-12(16)14-11-5-4-9(15)7-10(11)13(17)18/h4-5,7-8,15H,3,6H2,1-2H3,(H,14,16)(H,17,18). The number of methoxy groups -OCH3 is 1. The first-order chi connectivity index (χ1) is 8.93. The molecule has 1 amide bonds. The minimum atomic E-state index is -1.21. The third kappa shape index (κ3) is 4.59. The zero-order valence-electron chi connectivity index (χ0n) is 10.8. The second-order valence-electron chi connectivity index (χ2n) is 4.17. The zero-order valence-corrected chi connectivity index (χ0v) is 10.8. The van der Waals surface area contributed by atoms with Gasteiger partial charge in [0.05, 0.1) is 17.4 Å². The molecule has 0 saturated carbocycles. The van der Waals surface area contributed by atoms with Crippen LogP contribution in [0.3, 0.4) is 0 Å². The van der Waals surface area contributed by atoms with Crippen LogP contribution in [-0.2, 0) is 9.53 Å². The molecule has 1 unspecified atom stereocenters. The average Bonchev–Trinajstić information content (AvgIpc) is 2.37. The lowest BCUT2D eigenvalue weighted by Crippen LogP contribution is -2.17. The number of carbonyl (C=O) groups excluding carboxylic acids is 1. The molecule has 0 saturated heterocycles.